The molecule has 8 heteroatoms. The Morgan fingerprint density at radius 3 is 2.69 bits per heavy atom. The molecule has 0 unspecified atom stereocenters. The lowest BCUT2D eigenvalue weighted by molar-refractivity contribution is 0.313. The van der Waals surface area contributed by atoms with Crippen LogP contribution in [0.4, 0.5) is 4.39 Å². The molecule has 6 nitrogen and oxygen atoms in total. The van der Waals surface area contributed by atoms with E-state index in [1.54, 1.807) is 18.3 Å². The van der Waals surface area contributed by atoms with Gasteiger partial charge in [-0.05, 0) is 36.6 Å². The third kappa shape index (κ3) is 4.69. The maximum absolute atomic E-state index is 13.2. The average Bonchev–Trinajstić information content (AvgIpc) is 3.15. The molecule has 1 fully saturated rings. The molecule has 2 N–H and O–H groups in total. The first-order valence-corrected chi connectivity index (χ1v) is 10.7. The number of aromatic amines is 1. The highest BCUT2D eigenvalue weighted by atomic mass is 32.2. The molecule has 2 atom stereocenters. The van der Waals surface area contributed by atoms with E-state index in [1.165, 1.54) is 18.4 Å². The van der Waals surface area contributed by atoms with Gasteiger partial charge in [0, 0.05) is 36.8 Å². The summed E-state index contributed by atoms with van der Waals surface area (Å²) < 4.78 is 39.2. The van der Waals surface area contributed by atoms with E-state index in [2.05, 4.69) is 26.7 Å². The molecule has 2 heterocycles. The Hall–Kier alpha value is -1.77. The quantitative estimate of drug-likeness (QED) is 0.773. The van der Waals surface area contributed by atoms with Gasteiger partial charge in [-0.25, -0.2) is 17.5 Å². The molecule has 2 aromatic rings. The lowest BCUT2D eigenvalue weighted by Crippen LogP contribution is -2.39. The van der Waals surface area contributed by atoms with Crippen molar-refractivity contribution in [1.82, 2.24) is 19.8 Å². The Morgan fingerprint density at radius 2 is 2.04 bits per heavy atom. The zero-order chi connectivity index (χ0) is 18.7. The van der Waals surface area contributed by atoms with Gasteiger partial charge >= 0.3 is 0 Å². The van der Waals surface area contributed by atoms with Crippen molar-refractivity contribution in [3.05, 3.63) is 41.8 Å². The molecular formula is C18H25FN4O2S. The summed E-state index contributed by atoms with van der Waals surface area (Å²) in [7, 11) is -3.23. The molecule has 0 bridgehead atoms. The monoisotopic (exact) mass is 380 g/mol. The van der Waals surface area contributed by atoms with Gasteiger partial charge in [0.15, 0.2) is 0 Å². The van der Waals surface area contributed by atoms with Crippen LogP contribution in [0.25, 0.3) is 11.3 Å². The van der Waals surface area contributed by atoms with E-state index in [1.807, 2.05) is 0 Å². The highest BCUT2D eigenvalue weighted by Crippen LogP contribution is 2.27. The molecule has 1 aromatic carbocycles. The molecular weight excluding hydrogens is 355 g/mol. The summed E-state index contributed by atoms with van der Waals surface area (Å²) in [6.45, 7) is 4.30. The fourth-order valence-electron chi connectivity index (χ4n) is 3.70. The molecule has 1 aliphatic rings. The van der Waals surface area contributed by atoms with Crippen LogP contribution < -0.4 is 4.72 Å². The van der Waals surface area contributed by atoms with Gasteiger partial charge in [0.05, 0.1) is 18.1 Å². The van der Waals surface area contributed by atoms with Crippen molar-refractivity contribution in [3.8, 4) is 11.3 Å². The fraction of sp³-hybridized carbons (Fsp3) is 0.500. The van der Waals surface area contributed by atoms with Crippen molar-refractivity contribution in [2.24, 2.45) is 5.92 Å². The zero-order valence-corrected chi connectivity index (χ0v) is 15.9. The Bertz CT molecular complexity index is 835. The number of nitrogens with zero attached hydrogens (tertiary/aromatic N) is 2. The van der Waals surface area contributed by atoms with Crippen molar-refractivity contribution in [2.75, 3.05) is 19.3 Å². The highest BCUT2D eigenvalue weighted by molar-refractivity contribution is 7.88. The summed E-state index contributed by atoms with van der Waals surface area (Å²) in [5.74, 6) is 0.0300. The smallest absolute Gasteiger partial charge is 0.209 e. The van der Waals surface area contributed by atoms with Crippen molar-refractivity contribution in [3.63, 3.8) is 0 Å². The second-order valence-electron chi connectivity index (χ2n) is 7.02. The maximum atomic E-state index is 13.2. The van der Waals surface area contributed by atoms with Crippen LogP contribution >= 0.6 is 0 Å². The molecule has 1 saturated heterocycles. The molecule has 3 rings (SSSR count). The molecule has 26 heavy (non-hydrogen) atoms. The van der Waals surface area contributed by atoms with Crippen LogP contribution in [0, 0.1) is 11.7 Å². The number of nitrogens with one attached hydrogen (secondary N) is 2. The second-order valence-corrected chi connectivity index (χ2v) is 8.80. The third-order valence-corrected chi connectivity index (χ3v) is 5.52. The predicted molar refractivity (Wildman–Crippen MR) is 99.4 cm³/mol. The summed E-state index contributed by atoms with van der Waals surface area (Å²) >= 11 is 0. The van der Waals surface area contributed by atoms with Crippen LogP contribution in [-0.4, -0.2) is 48.9 Å². The minimum atomic E-state index is -3.23. The summed E-state index contributed by atoms with van der Waals surface area (Å²) in [6, 6.07) is 6.25. The lowest BCUT2D eigenvalue weighted by atomic mass is 9.99. The van der Waals surface area contributed by atoms with Gasteiger partial charge in [0.1, 0.15) is 5.82 Å². The van der Waals surface area contributed by atoms with Crippen LogP contribution in [0.2, 0.25) is 0 Å². The molecule has 0 radical (unpaired) electrons. The lowest BCUT2D eigenvalue weighted by Gasteiger charge is -2.17. The Labute approximate surface area is 153 Å². The number of likely N-dealkylation sites (tertiary alicyclic amines) is 1. The molecule has 1 aliphatic heterocycles. The predicted octanol–water partition coefficient (Wildman–Crippen LogP) is 2.37. The summed E-state index contributed by atoms with van der Waals surface area (Å²) in [6.07, 6.45) is 5.00. The van der Waals surface area contributed by atoms with Gasteiger partial charge in [0.25, 0.3) is 0 Å². The van der Waals surface area contributed by atoms with E-state index in [4.69, 9.17) is 0 Å². The van der Waals surface area contributed by atoms with Crippen molar-refractivity contribution >= 4 is 10.0 Å². The van der Waals surface area contributed by atoms with E-state index in [0.29, 0.717) is 19.0 Å². The number of sulfonamides is 1. The van der Waals surface area contributed by atoms with E-state index in [-0.39, 0.29) is 11.9 Å². The molecule has 0 spiro atoms. The number of benzene rings is 1. The highest BCUT2D eigenvalue weighted by Gasteiger charge is 2.34. The van der Waals surface area contributed by atoms with E-state index in [0.717, 1.165) is 36.2 Å². The summed E-state index contributed by atoms with van der Waals surface area (Å²) in [5, 5.41) is 7.13. The van der Waals surface area contributed by atoms with Gasteiger partial charge in [-0.3, -0.25) is 10.00 Å². The maximum Gasteiger partial charge on any atom is 0.209 e. The van der Waals surface area contributed by atoms with Gasteiger partial charge in [-0.1, -0.05) is 13.3 Å². The average molecular weight is 380 g/mol. The third-order valence-electron chi connectivity index (χ3n) is 4.79. The Morgan fingerprint density at radius 1 is 1.31 bits per heavy atom. The minimum Gasteiger partial charge on any atom is -0.297 e. The number of aromatic nitrogens is 2. The van der Waals surface area contributed by atoms with Crippen LogP contribution in [0.1, 0.15) is 25.3 Å². The minimum absolute atomic E-state index is 0.0638. The van der Waals surface area contributed by atoms with Crippen molar-refractivity contribution in [2.45, 2.75) is 32.4 Å². The molecule has 0 aliphatic carbocycles. The number of hydrogen-bond acceptors (Lipinski definition) is 4. The molecule has 1 aromatic heterocycles. The van der Waals surface area contributed by atoms with Crippen molar-refractivity contribution in [1.29, 1.82) is 0 Å². The van der Waals surface area contributed by atoms with Crippen LogP contribution in [0.5, 0.6) is 0 Å². The van der Waals surface area contributed by atoms with E-state index in [9.17, 15) is 12.8 Å². The number of halogens is 1. The molecule has 0 amide bonds. The van der Waals surface area contributed by atoms with Gasteiger partial charge < -0.3 is 0 Å². The van der Waals surface area contributed by atoms with Crippen LogP contribution in [-0.2, 0) is 16.6 Å². The molecule has 142 valence electrons. The zero-order valence-electron chi connectivity index (χ0n) is 15.1. The topological polar surface area (TPSA) is 78.1 Å². The summed E-state index contributed by atoms with van der Waals surface area (Å²) in [4.78, 5) is 2.25. The van der Waals surface area contributed by atoms with Crippen molar-refractivity contribution < 1.29 is 12.8 Å². The number of H-pyrrole nitrogens is 1. The fourth-order valence-corrected chi connectivity index (χ4v) is 4.52. The van der Waals surface area contributed by atoms with Gasteiger partial charge in [-0.15, -0.1) is 0 Å². The molecule has 0 saturated carbocycles. The second kappa shape index (κ2) is 7.85. The Kier molecular flexibility index (Phi) is 5.74. The van der Waals surface area contributed by atoms with Gasteiger partial charge in [0.2, 0.25) is 10.0 Å². The Balaban J connectivity index is 1.73. The first kappa shape index (κ1) is 19.0. The van der Waals surface area contributed by atoms with Crippen LogP contribution in [0.3, 0.4) is 0 Å². The summed E-state index contributed by atoms with van der Waals surface area (Å²) in [5.41, 5.74) is 2.78. The number of rotatable bonds is 7. The normalized spacial score (nSPS) is 21.3. The first-order chi connectivity index (χ1) is 12.4. The van der Waals surface area contributed by atoms with Gasteiger partial charge in [-0.2, -0.15) is 5.10 Å². The number of hydrogen-bond donors (Lipinski definition) is 2. The van der Waals surface area contributed by atoms with Crippen LogP contribution in [0.15, 0.2) is 30.5 Å². The van der Waals surface area contributed by atoms with E-state index < -0.39 is 10.0 Å². The largest absolute Gasteiger partial charge is 0.297 e. The van der Waals surface area contributed by atoms with E-state index >= 15 is 0 Å². The standard InChI is InChI=1S/C18H25FN4O2S/c1-3-4-14-10-23(12-17(14)22-26(2,24)25)11-15-9-20-21-18(15)13-5-7-16(19)8-6-13/h5-9,14,17,22H,3-4,10-12H2,1-2H3,(H,20,21)/t14-,17-/m1/s1. The SMILES string of the molecule is CCC[C@@H]1CN(Cc2cn[nH]c2-c2ccc(F)cc2)C[C@H]1NS(C)(=O)=O. The first-order valence-electron chi connectivity index (χ1n) is 8.83.